The second-order valence-corrected chi connectivity index (χ2v) is 9.77. The van der Waals surface area contributed by atoms with E-state index in [-0.39, 0.29) is 30.6 Å². The number of hydrogen-bond donors (Lipinski definition) is 1. The molecule has 0 atom stereocenters. The van der Waals surface area contributed by atoms with Gasteiger partial charge in [-0.1, -0.05) is 42.1 Å². The lowest BCUT2D eigenvalue weighted by Gasteiger charge is -2.12. The summed E-state index contributed by atoms with van der Waals surface area (Å²) < 4.78 is 17.7. The van der Waals surface area contributed by atoms with Crippen LogP contribution >= 0.6 is 23.1 Å². The van der Waals surface area contributed by atoms with Crippen molar-refractivity contribution in [1.29, 1.82) is 0 Å². The molecule has 0 radical (unpaired) electrons. The number of carbonyl (C=O) groups excluding carboxylic acids is 1. The normalized spacial score (nSPS) is 12.2. The van der Waals surface area contributed by atoms with Gasteiger partial charge in [0.1, 0.15) is 10.6 Å². The molecule has 10 heteroatoms. The van der Waals surface area contributed by atoms with Gasteiger partial charge in [0.15, 0.2) is 16.7 Å². The molecule has 180 valence electrons. The SMILES string of the molecule is O=C(CSc1nc2scc(-c3ccccc3)c2c(=O)n1Cc1ccco1)Nc1ccc2c(c1)OCO2. The first-order valence-corrected chi connectivity index (χ1v) is 12.9. The molecular weight excluding hydrogens is 498 g/mol. The van der Waals surface area contributed by atoms with Crippen LogP contribution in [0.3, 0.4) is 0 Å². The van der Waals surface area contributed by atoms with Crippen molar-refractivity contribution < 1.29 is 18.7 Å². The smallest absolute Gasteiger partial charge is 0.263 e. The van der Waals surface area contributed by atoms with Crippen molar-refractivity contribution in [1.82, 2.24) is 9.55 Å². The highest BCUT2D eigenvalue weighted by molar-refractivity contribution is 7.99. The first-order chi connectivity index (χ1) is 17.7. The number of carbonyl (C=O) groups is 1. The molecular formula is C26H19N3O5S2. The first-order valence-electron chi connectivity index (χ1n) is 11.1. The van der Waals surface area contributed by atoms with Crippen LogP contribution in [0.1, 0.15) is 5.76 Å². The molecule has 1 aliphatic rings. The lowest BCUT2D eigenvalue weighted by molar-refractivity contribution is -0.113. The summed E-state index contributed by atoms with van der Waals surface area (Å²) in [5, 5.41) is 5.82. The van der Waals surface area contributed by atoms with Crippen LogP contribution in [-0.2, 0) is 11.3 Å². The third-order valence-corrected chi connectivity index (χ3v) is 7.47. The molecule has 4 heterocycles. The minimum atomic E-state index is -0.228. The Hall–Kier alpha value is -4.02. The van der Waals surface area contributed by atoms with E-state index in [9.17, 15) is 9.59 Å². The Morgan fingerprint density at radius 2 is 1.94 bits per heavy atom. The van der Waals surface area contributed by atoms with Crippen LogP contribution in [0.5, 0.6) is 11.5 Å². The summed E-state index contributed by atoms with van der Waals surface area (Å²) in [6.07, 6.45) is 1.57. The highest BCUT2D eigenvalue weighted by Crippen LogP contribution is 2.35. The average molecular weight is 518 g/mol. The number of anilines is 1. The molecule has 0 bridgehead atoms. The maximum Gasteiger partial charge on any atom is 0.263 e. The number of benzene rings is 2. The molecule has 1 amide bonds. The highest BCUT2D eigenvalue weighted by atomic mass is 32.2. The van der Waals surface area contributed by atoms with Gasteiger partial charge in [0.2, 0.25) is 12.7 Å². The van der Waals surface area contributed by atoms with E-state index in [4.69, 9.17) is 18.9 Å². The lowest BCUT2D eigenvalue weighted by atomic mass is 10.1. The lowest BCUT2D eigenvalue weighted by Crippen LogP contribution is -2.24. The molecule has 3 aromatic heterocycles. The van der Waals surface area contributed by atoms with Gasteiger partial charge in [0.05, 0.1) is 23.9 Å². The van der Waals surface area contributed by atoms with Crippen molar-refractivity contribution >= 4 is 44.9 Å². The van der Waals surface area contributed by atoms with Crippen LogP contribution in [0, 0.1) is 0 Å². The van der Waals surface area contributed by atoms with Gasteiger partial charge in [-0.25, -0.2) is 4.98 Å². The number of nitrogens with one attached hydrogen (secondary N) is 1. The summed E-state index contributed by atoms with van der Waals surface area (Å²) in [4.78, 5) is 31.8. The fourth-order valence-corrected chi connectivity index (χ4v) is 5.73. The number of nitrogens with zero attached hydrogens (tertiary/aromatic N) is 2. The second kappa shape index (κ2) is 9.56. The largest absolute Gasteiger partial charge is 0.467 e. The van der Waals surface area contributed by atoms with Gasteiger partial charge in [-0.15, -0.1) is 11.3 Å². The number of thiophene rings is 1. The number of aromatic nitrogens is 2. The summed E-state index contributed by atoms with van der Waals surface area (Å²) in [7, 11) is 0. The zero-order valence-corrected chi connectivity index (χ0v) is 20.4. The zero-order valence-electron chi connectivity index (χ0n) is 18.8. The van der Waals surface area contributed by atoms with Crippen molar-refractivity contribution in [3.05, 3.63) is 88.4 Å². The van der Waals surface area contributed by atoms with E-state index >= 15 is 0 Å². The quantitative estimate of drug-likeness (QED) is 0.233. The Morgan fingerprint density at radius 1 is 1.08 bits per heavy atom. The summed E-state index contributed by atoms with van der Waals surface area (Å²) in [5.74, 6) is 1.70. The number of amides is 1. The predicted octanol–water partition coefficient (Wildman–Crippen LogP) is 5.23. The number of furan rings is 1. The number of thioether (sulfide) groups is 1. The Bertz CT molecular complexity index is 1610. The standard InChI is InChI=1S/C26H19N3O5S2/c30-22(27-17-8-9-20-21(11-17)34-15-33-20)14-36-26-28-24-23(19(13-35-24)16-5-2-1-3-6-16)25(31)29(26)12-18-7-4-10-32-18/h1-11,13H,12,14-15H2,(H,27,30). The summed E-state index contributed by atoms with van der Waals surface area (Å²) in [6, 6.07) is 18.6. The van der Waals surface area contributed by atoms with Gasteiger partial charge in [0, 0.05) is 22.7 Å². The van der Waals surface area contributed by atoms with E-state index in [0.29, 0.717) is 38.3 Å². The van der Waals surface area contributed by atoms with Crippen LogP contribution in [-0.4, -0.2) is 28.0 Å². The van der Waals surface area contributed by atoms with Crippen LogP contribution in [0.25, 0.3) is 21.3 Å². The minimum absolute atomic E-state index is 0.0709. The summed E-state index contributed by atoms with van der Waals surface area (Å²) in [6.45, 7) is 0.379. The zero-order chi connectivity index (χ0) is 24.5. The molecule has 0 aliphatic carbocycles. The van der Waals surface area contributed by atoms with E-state index in [0.717, 1.165) is 11.1 Å². The number of ether oxygens (including phenoxy) is 2. The van der Waals surface area contributed by atoms with Crippen molar-refractivity contribution in [3.63, 3.8) is 0 Å². The van der Waals surface area contributed by atoms with Crippen LogP contribution in [0.4, 0.5) is 5.69 Å². The molecule has 0 fully saturated rings. The molecule has 0 spiro atoms. The molecule has 0 saturated heterocycles. The number of hydrogen-bond acceptors (Lipinski definition) is 8. The Labute approximate surface area is 213 Å². The van der Waals surface area contributed by atoms with Gasteiger partial charge in [0.25, 0.3) is 5.56 Å². The average Bonchev–Trinajstić information content (AvgIpc) is 3.66. The predicted molar refractivity (Wildman–Crippen MR) is 139 cm³/mol. The van der Waals surface area contributed by atoms with Crippen molar-refractivity contribution in [2.75, 3.05) is 17.9 Å². The van der Waals surface area contributed by atoms with Gasteiger partial charge >= 0.3 is 0 Å². The van der Waals surface area contributed by atoms with E-state index in [2.05, 4.69) is 5.32 Å². The molecule has 6 rings (SSSR count). The van der Waals surface area contributed by atoms with Crippen molar-refractivity contribution in [2.24, 2.45) is 0 Å². The molecule has 0 saturated carbocycles. The molecule has 1 N–H and O–H groups in total. The Kier molecular flexibility index (Phi) is 5.96. The van der Waals surface area contributed by atoms with Gasteiger partial charge in [-0.2, -0.15) is 0 Å². The van der Waals surface area contributed by atoms with E-state index in [1.54, 1.807) is 35.1 Å². The van der Waals surface area contributed by atoms with Gasteiger partial charge in [-0.3, -0.25) is 14.2 Å². The van der Waals surface area contributed by atoms with Gasteiger partial charge in [-0.05, 0) is 29.8 Å². The number of rotatable bonds is 7. The van der Waals surface area contributed by atoms with E-state index in [1.807, 2.05) is 41.8 Å². The maximum absolute atomic E-state index is 13.7. The topological polar surface area (TPSA) is 95.6 Å². The first kappa shape index (κ1) is 22.4. The molecule has 36 heavy (non-hydrogen) atoms. The van der Waals surface area contributed by atoms with Crippen molar-refractivity contribution in [3.8, 4) is 22.6 Å². The third-order valence-electron chi connectivity index (χ3n) is 5.63. The van der Waals surface area contributed by atoms with Crippen molar-refractivity contribution in [2.45, 2.75) is 11.7 Å². The second-order valence-electron chi connectivity index (χ2n) is 7.97. The maximum atomic E-state index is 13.7. The third kappa shape index (κ3) is 4.36. The molecule has 1 aliphatic heterocycles. The fraction of sp³-hybridized carbons (Fsp3) is 0.115. The van der Waals surface area contributed by atoms with Crippen LogP contribution in [0.2, 0.25) is 0 Å². The van der Waals surface area contributed by atoms with Crippen LogP contribution < -0.4 is 20.3 Å². The monoisotopic (exact) mass is 517 g/mol. The summed E-state index contributed by atoms with van der Waals surface area (Å²) >= 11 is 2.62. The van der Waals surface area contributed by atoms with Gasteiger partial charge < -0.3 is 19.2 Å². The summed E-state index contributed by atoms with van der Waals surface area (Å²) in [5.41, 5.74) is 2.23. The molecule has 0 unspecified atom stereocenters. The molecule has 5 aromatic rings. The highest BCUT2D eigenvalue weighted by Gasteiger charge is 2.20. The number of fused-ring (bicyclic) bond motifs is 2. The molecule has 2 aromatic carbocycles. The fourth-order valence-electron chi connectivity index (χ4n) is 3.95. The molecule has 8 nitrogen and oxygen atoms in total. The Morgan fingerprint density at radius 3 is 2.78 bits per heavy atom. The minimum Gasteiger partial charge on any atom is -0.467 e. The Balaban J connectivity index is 1.30. The van der Waals surface area contributed by atoms with E-state index < -0.39 is 0 Å². The van der Waals surface area contributed by atoms with Crippen LogP contribution in [0.15, 0.2) is 86.7 Å². The van der Waals surface area contributed by atoms with E-state index in [1.165, 1.54) is 23.1 Å².